The van der Waals surface area contributed by atoms with Crippen molar-refractivity contribution in [1.29, 1.82) is 0 Å². The molecule has 0 bridgehead atoms. The topological polar surface area (TPSA) is 141 Å². The lowest BCUT2D eigenvalue weighted by atomic mass is 10.4. The van der Waals surface area contributed by atoms with Crippen LogP contribution in [0.2, 0.25) is 0 Å². The van der Waals surface area contributed by atoms with E-state index in [1.54, 1.807) is 4.98 Å². The molecule has 0 aliphatic rings. The number of aliphatic hydroxyl groups is 1. The van der Waals surface area contributed by atoms with Crippen molar-refractivity contribution >= 4 is 10.0 Å². The van der Waals surface area contributed by atoms with Gasteiger partial charge in [-0.25, -0.2) is 17.9 Å². The van der Waals surface area contributed by atoms with Gasteiger partial charge in [-0.15, -0.1) is 0 Å². The van der Waals surface area contributed by atoms with Gasteiger partial charge in [-0.3, -0.25) is 9.78 Å². The summed E-state index contributed by atoms with van der Waals surface area (Å²) in [6, 6.07) is -0.883. The van der Waals surface area contributed by atoms with Gasteiger partial charge in [0.05, 0.1) is 19.3 Å². The van der Waals surface area contributed by atoms with Crippen LogP contribution in [0.15, 0.2) is 20.7 Å². The predicted octanol–water partition coefficient (Wildman–Crippen LogP) is -2.65. The van der Waals surface area contributed by atoms with Gasteiger partial charge in [-0.2, -0.15) is 0 Å². The standard InChI is InChI=1S/C8H13N3O6S/c1-17-4-5(3-12)11-18(15,16)6-2-9-8(14)10-7(6)13/h2,5,11-12H,3-4H2,1H3,(H2,9,10,13,14). The summed E-state index contributed by atoms with van der Waals surface area (Å²) >= 11 is 0. The fraction of sp³-hybridized carbons (Fsp3) is 0.500. The van der Waals surface area contributed by atoms with Gasteiger partial charge in [0, 0.05) is 13.3 Å². The second kappa shape index (κ2) is 5.91. The van der Waals surface area contributed by atoms with Gasteiger partial charge in [0.25, 0.3) is 5.56 Å². The van der Waals surface area contributed by atoms with Gasteiger partial charge >= 0.3 is 5.69 Å². The van der Waals surface area contributed by atoms with E-state index in [0.29, 0.717) is 0 Å². The van der Waals surface area contributed by atoms with Gasteiger partial charge in [0.1, 0.15) is 0 Å². The predicted molar refractivity (Wildman–Crippen MR) is 60.8 cm³/mol. The van der Waals surface area contributed by atoms with Crippen molar-refractivity contribution in [3.8, 4) is 0 Å². The van der Waals surface area contributed by atoms with Crippen molar-refractivity contribution in [3.05, 3.63) is 27.0 Å². The van der Waals surface area contributed by atoms with E-state index in [0.717, 1.165) is 6.20 Å². The van der Waals surface area contributed by atoms with Crippen LogP contribution in [0.25, 0.3) is 0 Å². The number of aliphatic hydroxyl groups excluding tert-OH is 1. The third kappa shape index (κ3) is 3.50. The molecule has 0 spiro atoms. The fourth-order valence-corrected chi connectivity index (χ4v) is 2.42. The molecule has 0 amide bonds. The number of methoxy groups -OCH3 is 1. The maximum atomic E-state index is 11.8. The summed E-state index contributed by atoms with van der Waals surface area (Å²) in [6.07, 6.45) is 0.782. The first-order valence-electron chi connectivity index (χ1n) is 4.85. The third-order valence-electron chi connectivity index (χ3n) is 1.98. The van der Waals surface area contributed by atoms with Gasteiger partial charge in [0.15, 0.2) is 4.90 Å². The van der Waals surface area contributed by atoms with Crippen molar-refractivity contribution in [3.63, 3.8) is 0 Å². The molecule has 1 unspecified atom stereocenters. The minimum atomic E-state index is -4.15. The molecule has 18 heavy (non-hydrogen) atoms. The molecule has 0 saturated carbocycles. The molecule has 0 aromatic carbocycles. The van der Waals surface area contributed by atoms with E-state index in [4.69, 9.17) is 9.84 Å². The molecule has 0 saturated heterocycles. The van der Waals surface area contributed by atoms with Crippen molar-refractivity contribution in [1.82, 2.24) is 14.7 Å². The zero-order valence-electron chi connectivity index (χ0n) is 9.47. The van der Waals surface area contributed by atoms with Gasteiger partial charge in [-0.05, 0) is 0 Å². The Morgan fingerprint density at radius 1 is 1.50 bits per heavy atom. The lowest BCUT2D eigenvalue weighted by molar-refractivity contribution is 0.139. The molecule has 0 fully saturated rings. The first kappa shape index (κ1) is 14.6. The zero-order valence-corrected chi connectivity index (χ0v) is 10.3. The summed E-state index contributed by atoms with van der Waals surface area (Å²) in [5.41, 5.74) is -1.85. The van der Waals surface area contributed by atoms with Crippen molar-refractivity contribution < 1.29 is 18.3 Å². The summed E-state index contributed by atoms with van der Waals surface area (Å²) in [6.45, 7) is -0.550. The summed E-state index contributed by atoms with van der Waals surface area (Å²) in [5.74, 6) is 0. The van der Waals surface area contributed by atoms with E-state index in [2.05, 4.69) is 4.72 Å². The molecule has 0 aliphatic carbocycles. The lowest BCUT2D eigenvalue weighted by Crippen LogP contribution is -2.42. The largest absolute Gasteiger partial charge is 0.395 e. The molecule has 0 aliphatic heterocycles. The third-order valence-corrected chi connectivity index (χ3v) is 3.51. The molecule has 102 valence electrons. The number of hydrogen-bond donors (Lipinski definition) is 4. The number of H-pyrrole nitrogens is 2. The monoisotopic (exact) mass is 279 g/mol. The fourth-order valence-electron chi connectivity index (χ4n) is 1.21. The summed E-state index contributed by atoms with van der Waals surface area (Å²) in [4.78, 5) is 25.3. The first-order chi connectivity index (χ1) is 8.40. The maximum absolute atomic E-state index is 11.8. The second-order valence-electron chi connectivity index (χ2n) is 3.39. The molecule has 1 atom stereocenters. The highest BCUT2D eigenvalue weighted by molar-refractivity contribution is 7.89. The highest BCUT2D eigenvalue weighted by Gasteiger charge is 2.22. The molecular formula is C8H13N3O6S. The number of hydrogen-bond acceptors (Lipinski definition) is 6. The molecule has 1 heterocycles. The summed E-state index contributed by atoms with van der Waals surface area (Å²) < 4.78 is 30.3. The molecule has 0 radical (unpaired) electrons. The first-order valence-corrected chi connectivity index (χ1v) is 6.33. The van der Waals surface area contributed by atoms with Crippen LogP contribution in [0.4, 0.5) is 0 Å². The Balaban J connectivity index is 3.06. The Morgan fingerprint density at radius 3 is 2.67 bits per heavy atom. The van der Waals surface area contributed by atoms with Gasteiger partial charge < -0.3 is 14.8 Å². The van der Waals surface area contributed by atoms with Crippen LogP contribution in [-0.2, 0) is 14.8 Å². The van der Waals surface area contributed by atoms with Crippen molar-refractivity contribution in [2.75, 3.05) is 20.3 Å². The summed E-state index contributed by atoms with van der Waals surface area (Å²) in [5, 5.41) is 8.93. The Morgan fingerprint density at radius 2 is 2.17 bits per heavy atom. The van der Waals surface area contributed by atoms with Crippen LogP contribution in [0, 0.1) is 0 Å². The summed E-state index contributed by atoms with van der Waals surface area (Å²) in [7, 11) is -2.81. The lowest BCUT2D eigenvalue weighted by Gasteiger charge is -2.14. The number of rotatable bonds is 6. The van der Waals surface area contributed by atoms with Crippen LogP contribution in [0.3, 0.4) is 0 Å². The van der Waals surface area contributed by atoms with Crippen molar-refractivity contribution in [2.24, 2.45) is 0 Å². The average molecular weight is 279 g/mol. The Hall–Kier alpha value is -1.49. The number of sulfonamides is 1. The smallest absolute Gasteiger partial charge is 0.325 e. The number of ether oxygens (including phenoxy) is 1. The molecule has 9 nitrogen and oxygen atoms in total. The minimum Gasteiger partial charge on any atom is -0.395 e. The molecule has 1 aromatic heterocycles. The molecule has 1 rings (SSSR count). The SMILES string of the molecule is COCC(CO)NS(=O)(=O)c1c[nH]c(=O)[nH]c1=O. The Kier molecular flexibility index (Phi) is 4.78. The van der Waals surface area contributed by atoms with Crippen LogP contribution in [0.5, 0.6) is 0 Å². The molecule has 4 N–H and O–H groups in total. The number of aromatic amines is 2. The van der Waals surface area contributed by atoms with Gasteiger partial charge in [0.2, 0.25) is 10.0 Å². The molecule has 10 heteroatoms. The van der Waals surface area contributed by atoms with E-state index in [1.165, 1.54) is 7.11 Å². The van der Waals surface area contributed by atoms with E-state index < -0.39 is 38.8 Å². The molecule has 1 aromatic rings. The zero-order chi connectivity index (χ0) is 13.8. The number of aromatic nitrogens is 2. The number of nitrogens with one attached hydrogen (secondary N) is 3. The van der Waals surface area contributed by atoms with E-state index in [9.17, 15) is 18.0 Å². The van der Waals surface area contributed by atoms with E-state index in [1.807, 2.05) is 4.98 Å². The Bertz CT molecular complexity index is 604. The van der Waals surface area contributed by atoms with Crippen LogP contribution < -0.4 is 16.0 Å². The minimum absolute atomic E-state index is 0.0585. The van der Waals surface area contributed by atoms with E-state index in [-0.39, 0.29) is 6.61 Å². The average Bonchev–Trinajstić information content (AvgIpc) is 2.27. The van der Waals surface area contributed by atoms with Crippen molar-refractivity contribution in [2.45, 2.75) is 10.9 Å². The second-order valence-corrected chi connectivity index (χ2v) is 5.07. The van der Waals surface area contributed by atoms with Gasteiger partial charge in [-0.1, -0.05) is 0 Å². The normalized spacial score (nSPS) is 13.4. The van der Waals surface area contributed by atoms with Crippen LogP contribution in [0.1, 0.15) is 0 Å². The Labute approximate surface area is 102 Å². The maximum Gasteiger partial charge on any atom is 0.325 e. The molecular weight excluding hydrogens is 266 g/mol. The highest BCUT2D eigenvalue weighted by Crippen LogP contribution is 2.00. The van der Waals surface area contributed by atoms with Crippen LogP contribution in [-0.4, -0.2) is 49.9 Å². The highest BCUT2D eigenvalue weighted by atomic mass is 32.2. The van der Waals surface area contributed by atoms with Crippen LogP contribution >= 0.6 is 0 Å². The quantitative estimate of drug-likeness (QED) is 0.448. The van der Waals surface area contributed by atoms with E-state index >= 15 is 0 Å².